The molecule has 2 N–H and O–H groups in total. The van der Waals surface area contributed by atoms with E-state index in [0.717, 1.165) is 16.7 Å². The minimum atomic E-state index is -1.85. The molecule has 30 aromatic rings. The molecule has 0 amide bonds. The van der Waals surface area contributed by atoms with Crippen molar-refractivity contribution in [1.82, 2.24) is 0 Å². The quantitative estimate of drug-likeness (QED) is 0.0347. The second-order valence-electron chi connectivity index (χ2n) is 34.7. The van der Waals surface area contributed by atoms with Gasteiger partial charge in [0.25, 0.3) is 0 Å². The minimum absolute atomic E-state index is 0.0267. The summed E-state index contributed by atoms with van der Waals surface area (Å²) in [5, 5.41) is 100. The van der Waals surface area contributed by atoms with E-state index in [1.54, 1.807) is 18.2 Å². The number of esters is 2. The standard InChI is InChI=1S/C90H36O8/c1-86(2,3)21-15-18(16-22(83(21)93)87(4,5)6)9-12-23(91)20-11-10-19(17-24(20)92)97-13-8-14-98-85(95)90(84(94)96-7)88-79-71-63-53-43-35-27-25-26-29-33-31(27)39-47-41(33)51-45-37(29)38-30(26)34-32-28(25)36(35)44-50-40(32)48-42(34)52-46(38)56-55(45)65-59(51)69-61(47)67(57(63)49(39)43)75(79)77(69)81-73(65)74-66(56)60(52)70-62(48)68-58(50)64(54(44)53)72(71)80(88)76(68)78(70)82(74)89(81,88)90/h9-12,15-17,92-93H,8,13-14H2,1-7H3/b12-9+. The summed E-state index contributed by atoms with van der Waals surface area (Å²) in [6.07, 6.45) is 3.50. The zero-order chi connectivity index (χ0) is 63.0. The first-order valence-electron chi connectivity index (χ1n) is 35.2. The van der Waals surface area contributed by atoms with E-state index in [-0.39, 0.29) is 46.9 Å². The molecular formula is C90H36O8. The fraction of sp³-hybridized carbons (Fsp3) is 0.167. The third-order valence-corrected chi connectivity index (χ3v) is 30.4. The molecule has 5 aliphatic rings. The lowest BCUT2D eigenvalue weighted by Gasteiger charge is -2.32. The normalized spacial score (nSPS) is 21.0. The molecule has 35 rings (SSSR count). The fourth-order valence-electron chi connectivity index (χ4n) is 28.9. The van der Waals surface area contributed by atoms with Crippen LogP contribution >= 0.6 is 0 Å². The molecule has 0 radical (unpaired) electrons. The van der Waals surface area contributed by atoms with Crippen LogP contribution in [-0.4, -0.2) is 48.3 Å². The van der Waals surface area contributed by atoms with Gasteiger partial charge in [-0.1, -0.05) is 47.6 Å². The highest BCUT2D eigenvalue weighted by Crippen LogP contribution is 2.96. The number of ether oxygens (including phenoxy) is 3. The van der Waals surface area contributed by atoms with Crippen molar-refractivity contribution >= 4 is 315 Å². The topological polar surface area (TPSA) is 119 Å². The van der Waals surface area contributed by atoms with Crippen molar-refractivity contribution in [3.05, 3.63) is 80.9 Å². The van der Waals surface area contributed by atoms with Gasteiger partial charge in [-0.2, -0.15) is 0 Å². The SMILES string of the molecule is COC(=O)C1(C(=O)OCCCOc2ccc(C(=O)/C=C/c3cc(C(C)(C)C)c(O)c(C(C)(C)C)c3)c(O)c2)C23c4c5c6c7c8c9c(c%10c%11c2c2c4c4c%12c5c5c6c6c8c8c%13c9c9c%10c%10c%11c%11c2c2c4c4c%12c%12c5c5c6c8c6c8c%13c9c9c%10c%10c%11c2c2c4c4c%12c5c6c5c8c9c%10c2c45)C713. The average molecular weight is 1250 g/mol. The van der Waals surface area contributed by atoms with E-state index in [1.807, 2.05) is 12.1 Å². The molecule has 1 saturated carbocycles. The van der Waals surface area contributed by atoms with Gasteiger partial charge in [0.2, 0.25) is 0 Å². The molecule has 98 heavy (non-hydrogen) atoms. The summed E-state index contributed by atoms with van der Waals surface area (Å²) >= 11 is 0. The number of benzene rings is 20. The second-order valence-corrected chi connectivity index (χ2v) is 34.7. The molecule has 8 heteroatoms. The van der Waals surface area contributed by atoms with E-state index in [4.69, 9.17) is 14.2 Å². The number of aromatic hydroxyl groups is 2. The van der Waals surface area contributed by atoms with E-state index in [0.29, 0.717) is 12.2 Å². The third-order valence-electron chi connectivity index (χ3n) is 30.4. The monoisotopic (exact) mass is 1240 g/mol. The summed E-state index contributed by atoms with van der Waals surface area (Å²) in [5.41, 5.74) is 2.34. The van der Waals surface area contributed by atoms with Crippen molar-refractivity contribution in [2.45, 2.75) is 69.6 Å². The summed E-state index contributed by atoms with van der Waals surface area (Å²) < 4.78 is 19.9. The van der Waals surface area contributed by atoms with Crippen LogP contribution in [0.1, 0.15) is 97.3 Å². The van der Waals surface area contributed by atoms with Gasteiger partial charge in [0.1, 0.15) is 17.2 Å². The number of ketones is 1. The van der Waals surface area contributed by atoms with Gasteiger partial charge in [-0.15, -0.1) is 0 Å². The van der Waals surface area contributed by atoms with Gasteiger partial charge in [-0.05, 0) is 360 Å². The van der Waals surface area contributed by atoms with E-state index < -0.39 is 28.2 Å². The van der Waals surface area contributed by atoms with Crippen molar-refractivity contribution in [2.75, 3.05) is 20.3 Å². The molecule has 444 valence electrons. The summed E-state index contributed by atoms with van der Waals surface area (Å²) in [6.45, 7) is 12.5. The Morgan fingerprint density at radius 2 is 0.653 bits per heavy atom. The Labute approximate surface area is 543 Å². The third kappa shape index (κ3) is 2.93. The molecule has 0 unspecified atom stereocenters. The summed E-state index contributed by atoms with van der Waals surface area (Å²) in [5.74, 6) is -0.989. The Bertz CT molecular complexity index is 8260. The van der Waals surface area contributed by atoms with Gasteiger partial charge in [-0.3, -0.25) is 14.4 Å². The summed E-state index contributed by atoms with van der Waals surface area (Å²) in [7, 11) is 1.52. The Hall–Kier alpha value is -11.4. The number of allylic oxidation sites excluding steroid dienone is 1. The molecule has 0 atom stereocenters. The molecule has 8 nitrogen and oxygen atoms in total. The van der Waals surface area contributed by atoms with Crippen LogP contribution in [0.3, 0.4) is 0 Å². The van der Waals surface area contributed by atoms with Crippen LogP contribution in [0.25, 0.3) is 297 Å². The van der Waals surface area contributed by atoms with E-state index >= 15 is 9.59 Å². The zero-order valence-corrected chi connectivity index (χ0v) is 53.0. The minimum Gasteiger partial charge on any atom is -0.507 e. The molecule has 1 fully saturated rings. The highest BCUT2D eigenvalue weighted by Gasteiger charge is 3.01. The van der Waals surface area contributed by atoms with Crippen molar-refractivity contribution < 1.29 is 38.8 Å². The van der Waals surface area contributed by atoms with Gasteiger partial charge in [0.15, 0.2) is 11.2 Å². The maximum Gasteiger partial charge on any atom is 0.326 e. The number of hydrogen-bond donors (Lipinski definition) is 2. The number of rotatable bonds is 10. The molecule has 0 bridgehead atoms. The molecular weight excluding hydrogens is 1210 g/mol. The maximum atomic E-state index is 17.4. The van der Waals surface area contributed by atoms with Crippen LogP contribution in [-0.2, 0) is 40.7 Å². The Balaban J connectivity index is 0.646. The maximum absolute atomic E-state index is 17.4. The molecule has 0 saturated heterocycles. The highest BCUT2D eigenvalue weighted by molar-refractivity contribution is 6.82. The lowest BCUT2D eigenvalue weighted by atomic mass is 9.68. The van der Waals surface area contributed by atoms with Crippen LogP contribution in [0.5, 0.6) is 17.2 Å². The largest absolute Gasteiger partial charge is 0.507 e. The fourth-order valence-corrected chi connectivity index (χ4v) is 28.9. The predicted molar refractivity (Wildman–Crippen MR) is 396 cm³/mol. The van der Waals surface area contributed by atoms with Gasteiger partial charge in [0, 0.05) is 23.6 Å². The number of phenols is 2. The first-order valence-corrected chi connectivity index (χ1v) is 35.2. The van der Waals surface area contributed by atoms with E-state index in [9.17, 15) is 15.0 Å². The van der Waals surface area contributed by atoms with Crippen molar-refractivity contribution in [2.24, 2.45) is 5.41 Å². The second kappa shape index (κ2) is 11.1. The Morgan fingerprint density at radius 1 is 0.378 bits per heavy atom. The Kier molecular flexibility index (Phi) is 5.01. The van der Waals surface area contributed by atoms with Crippen LogP contribution in [0, 0.1) is 5.41 Å². The molecule has 30 aromatic carbocycles. The van der Waals surface area contributed by atoms with Crippen molar-refractivity contribution in [1.29, 1.82) is 0 Å². The van der Waals surface area contributed by atoms with Crippen LogP contribution in [0.4, 0.5) is 0 Å². The van der Waals surface area contributed by atoms with E-state index in [2.05, 4.69) is 41.5 Å². The molecule has 0 aliphatic heterocycles. The smallest absolute Gasteiger partial charge is 0.326 e. The first-order chi connectivity index (χ1) is 47.6. The Morgan fingerprint density at radius 3 is 0.908 bits per heavy atom. The first kappa shape index (κ1) is 44.4. The van der Waals surface area contributed by atoms with Crippen LogP contribution in [0.2, 0.25) is 0 Å². The van der Waals surface area contributed by atoms with Crippen molar-refractivity contribution in [3.63, 3.8) is 0 Å². The van der Waals surface area contributed by atoms with Crippen LogP contribution in [0.15, 0.2) is 36.4 Å². The van der Waals surface area contributed by atoms with Crippen LogP contribution < -0.4 is 4.74 Å². The highest BCUT2D eigenvalue weighted by atomic mass is 16.6. The number of hydrogen-bond acceptors (Lipinski definition) is 8. The number of phenolic OH excluding ortho intramolecular Hbond substituents is 2. The molecule has 2 spiro atoms. The molecule has 0 aromatic heterocycles. The number of methoxy groups -OCH3 is 1. The summed E-state index contributed by atoms with van der Waals surface area (Å²) in [4.78, 5) is 48.3. The van der Waals surface area contributed by atoms with Gasteiger partial charge in [-0.25, -0.2) is 0 Å². The average Bonchev–Trinajstić information content (AvgIpc) is 1.35. The molecule has 0 heterocycles. The number of carbonyl (C=O) groups excluding carboxylic acids is 3. The van der Waals surface area contributed by atoms with Crippen molar-refractivity contribution in [3.8, 4) is 17.2 Å². The van der Waals surface area contributed by atoms with Gasteiger partial charge < -0.3 is 24.4 Å². The number of carbonyl (C=O) groups is 3. The predicted octanol–water partition coefficient (Wildman–Crippen LogP) is 21.4. The van der Waals surface area contributed by atoms with Gasteiger partial charge >= 0.3 is 11.9 Å². The van der Waals surface area contributed by atoms with Gasteiger partial charge in [0.05, 0.1) is 36.7 Å². The molecule has 5 aliphatic carbocycles. The lowest BCUT2D eigenvalue weighted by molar-refractivity contribution is -0.165. The lowest BCUT2D eigenvalue weighted by Crippen LogP contribution is -2.38. The van der Waals surface area contributed by atoms with E-state index in [1.165, 1.54) is 332 Å². The zero-order valence-electron chi connectivity index (χ0n) is 53.0. The summed E-state index contributed by atoms with van der Waals surface area (Å²) in [6, 6.07) is 8.57.